The minimum absolute atomic E-state index is 0.249. The molecule has 0 unspecified atom stereocenters. The summed E-state index contributed by atoms with van der Waals surface area (Å²) in [7, 11) is 0. The lowest BCUT2D eigenvalue weighted by Gasteiger charge is -2.32. The summed E-state index contributed by atoms with van der Waals surface area (Å²) in [4.78, 5) is 4.35. The summed E-state index contributed by atoms with van der Waals surface area (Å²) in [5.74, 6) is 0.716. The largest absolute Gasteiger partial charge is 0.385 e. The van der Waals surface area contributed by atoms with Gasteiger partial charge in [-0.05, 0) is 26.7 Å². The molecule has 15 heavy (non-hydrogen) atoms. The molecule has 1 fully saturated rings. The molecule has 0 spiro atoms. The van der Waals surface area contributed by atoms with Crippen molar-refractivity contribution in [2.24, 2.45) is 10.7 Å². The monoisotopic (exact) mass is 212 g/mol. The molecule has 0 aromatic heterocycles. The number of hydrogen-bond donors (Lipinski definition) is 1. The number of aliphatic imine (C=N–C) groups is 1. The first-order valence-electron chi connectivity index (χ1n) is 6.19. The Kier molecular flexibility index (Phi) is 5.09. The van der Waals surface area contributed by atoms with Crippen LogP contribution in [0.2, 0.25) is 0 Å². The third-order valence-electron chi connectivity index (χ3n) is 3.13. The van der Waals surface area contributed by atoms with Gasteiger partial charge in [0, 0.05) is 13.2 Å². The topological polar surface area (TPSA) is 47.6 Å². The highest BCUT2D eigenvalue weighted by Gasteiger charge is 2.35. The maximum Gasteiger partial charge on any atom is 0.126 e. The smallest absolute Gasteiger partial charge is 0.126 e. The average Bonchev–Trinajstić information content (AvgIpc) is 2.45. The van der Waals surface area contributed by atoms with E-state index < -0.39 is 0 Å². The maximum atomic E-state index is 6.07. The van der Waals surface area contributed by atoms with E-state index in [1.165, 1.54) is 25.7 Å². The fourth-order valence-corrected chi connectivity index (χ4v) is 2.36. The second kappa shape index (κ2) is 6.11. The molecule has 0 aromatic rings. The molecule has 0 aromatic carbocycles. The molecule has 3 nitrogen and oxygen atoms in total. The van der Waals surface area contributed by atoms with Crippen molar-refractivity contribution in [1.82, 2.24) is 0 Å². The third kappa shape index (κ3) is 3.20. The molecule has 0 radical (unpaired) electrons. The Bertz CT molecular complexity index is 206. The second-order valence-electron chi connectivity index (χ2n) is 4.20. The van der Waals surface area contributed by atoms with E-state index in [1.807, 2.05) is 13.8 Å². The van der Waals surface area contributed by atoms with Gasteiger partial charge in [0.25, 0.3) is 0 Å². The van der Waals surface area contributed by atoms with Crippen molar-refractivity contribution in [3.63, 3.8) is 0 Å². The van der Waals surface area contributed by atoms with Crippen LogP contribution in [0.4, 0.5) is 0 Å². The molecule has 2 N–H and O–H groups in total. The van der Waals surface area contributed by atoms with E-state index in [2.05, 4.69) is 4.99 Å². The number of rotatable bonds is 4. The van der Waals surface area contributed by atoms with Gasteiger partial charge in [-0.1, -0.05) is 25.7 Å². The lowest BCUT2D eigenvalue weighted by Crippen LogP contribution is -2.46. The van der Waals surface area contributed by atoms with Gasteiger partial charge in [-0.3, -0.25) is 4.99 Å². The zero-order valence-electron chi connectivity index (χ0n) is 10.1. The van der Waals surface area contributed by atoms with Crippen LogP contribution in [0.25, 0.3) is 0 Å². The van der Waals surface area contributed by atoms with Crippen molar-refractivity contribution >= 4 is 5.84 Å². The van der Waals surface area contributed by atoms with E-state index in [1.54, 1.807) is 0 Å². The van der Waals surface area contributed by atoms with Gasteiger partial charge in [-0.15, -0.1) is 0 Å². The van der Waals surface area contributed by atoms with Crippen LogP contribution >= 0.6 is 0 Å². The van der Waals surface area contributed by atoms with Crippen LogP contribution < -0.4 is 5.73 Å². The zero-order valence-corrected chi connectivity index (χ0v) is 10.1. The van der Waals surface area contributed by atoms with E-state index in [4.69, 9.17) is 10.5 Å². The SMILES string of the molecule is CCN=C(N)C1(OCC)CCCCCC1. The molecular weight excluding hydrogens is 188 g/mol. The van der Waals surface area contributed by atoms with Gasteiger partial charge in [0.15, 0.2) is 0 Å². The third-order valence-corrected chi connectivity index (χ3v) is 3.13. The van der Waals surface area contributed by atoms with Crippen LogP contribution in [-0.4, -0.2) is 24.6 Å². The van der Waals surface area contributed by atoms with Crippen LogP contribution in [0.3, 0.4) is 0 Å². The lowest BCUT2D eigenvalue weighted by molar-refractivity contribution is 0.00322. The number of nitrogens with zero attached hydrogens (tertiary/aromatic N) is 1. The molecule has 1 rings (SSSR count). The van der Waals surface area contributed by atoms with Gasteiger partial charge in [-0.2, -0.15) is 0 Å². The highest BCUT2D eigenvalue weighted by atomic mass is 16.5. The summed E-state index contributed by atoms with van der Waals surface area (Å²) in [5, 5.41) is 0. The molecule has 0 bridgehead atoms. The van der Waals surface area contributed by atoms with Crippen LogP contribution in [0.15, 0.2) is 4.99 Å². The molecule has 0 amide bonds. The van der Waals surface area contributed by atoms with E-state index in [0.717, 1.165) is 26.0 Å². The van der Waals surface area contributed by atoms with Crippen LogP contribution in [0, 0.1) is 0 Å². The lowest BCUT2D eigenvalue weighted by atomic mass is 9.92. The van der Waals surface area contributed by atoms with Crippen LogP contribution in [0.5, 0.6) is 0 Å². The van der Waals surface area contributed by atoms with Crippen LogP contribution in [-0.2, 0) is 4.74 Å². The first kappa shape index (κ1) is 12.5. The van der Waals surface area contributed by atoms with Gasteiger partial charge >= 0.3 is 0 Å². The summed E-state index contributed by atoms with van der Waals surface area (Å²) in [6.07, 6.45) is 7.09. The molecule has 3 heteroatoms. The first-order valence-corrected chi connectivity index (χ1v) is 6.19. The Morgan fingerprint density at radius 2 is 1.80 bits per heavy atom. The maximum absolute atomic E-state index is 6.07. The van der Waals surface area contributed by atoms with Gasteiger partial charge in [0.1, 0.15) is 11.4 Å². The second-order valence-corrected chi connectivity index (χ2v) is 4.20. The molecule has 1 aliphatic rings. The molecule has 0 saturated heterocycles. The van der Waals surface area contributed by atoms with Crippen molar-refractivity contribution in [2.45, 2.75) is 58.0 Å². The van der Waals surface area contributed by atoms with Crippen molar-refractivity contribution < 1.29 is 4.74 Å². The van der Waals surface area contributed by atoms with Crippen molar-refractivity contribution in [1.29, 1.82) is 0 Å². The summed E-state index contributed by atoms with van der Waals surface area (Å²) in [5.41, 5.74) is 5.83. The number of amidine groups is 1. The van der Waals surface area contributed by atoms with E-state index >= 15 is 0 Å². The summed E-state index contributed by atoms with van der Waals surface area (Å²) in [6.45, 7) is 5.52. The predicted octanol–water partition coefficient (Wildman–Crippen LogP) is 2.49. The van der Waals surface area contributed by atoms with E-state index in [9.17, 15) is 0 Å². The quantitative estimate of drug-likeness (QED) is 0.442. The normalized spacial score (nSPS) is 22.4. The molecule has 1 saturated carbocycles. The van der Waals surface area contributed by atoms with E-state index in [-0.39, 0.29) is 5.60 Å². The fraction of sp³-hybridized carbons (Fsp3) is 0.917. The Hall–Kier alpha value is -0.570. The van der Waals surface area contributed by atoms with E-state index in [0.29, 0.717) is 5.84 Å². The summed E-state index contributed by atoms with van der Waals surface area (Å²) >= 11 is 0. The highest BCUT2D eigenvalue weighted by Crippen LogP contribution is 2.30. The van der Waals surface area contributed by atoms with Gasteiger partial charge in [0.05, 0.1) is 0 Å². The molecule has 0 atom stereocenters. The van der Waals surface area contributed by atoms with Gasteiger partial charge in [0.2, 0.25) is 0 Å². The standard InChI is InChI=1S/C12H24N2O/c1-3-14-11(13)12(15-4-2)9-7-5-6-8-10-12/h3-10H2,1-2H3,(H2,13,14). The number of hydrogen-bond acceptors (Lipinski definition) is 2. The highest BCUT2D eigenvalue weighted by molar-refractivity contribution is 5.89. The fourth-order valence-electron chi connectivity index (χ4n) is 2.36. The molecule has 88 valence electrons. The Morgan fingerprint density at radius 1 is 1.20 bits per heavy atom. The molecule has 0 heterocycles. The minimum Gasteiger partial charge on any atom is -0.385 e. The van der Waals surface area contributed by atoms with Crippen molar-refractivity contribution in [3.8, 4) is 0 Å². The van der Waals surface area contributed by atoms with Crippen molar-refractivity contribution in [3.05, 3.63) is 0 Å². The average molecular weight is 212 g/mol. The number of nitrogens with two attached hydrogens (primary N) is 1. The Morgan fingerprint density at radius 3 is 2.27 bits per heavy atom. The molecule has 1 aliphatic carbocycles. The molecular formula is C12H24N2O. The minimum atomic E-state index is -0.249. The molecule has 0 aliphatic heterocycles. The van der Waals surface area contributed by atoms with Gasteiger partial charge in [-0.25, -0.2) is 0 Å². The first-order chi connectivity index (χ1) is 7.25. The Labute approximate surface area is 93.1 Å². The zero-order chi connectivity index (χ0) is 11.1. The van der Waals surface area contributed by atoms with Crippen LogP contribution in [0.1, 0.15) is 52.4 Å². The number of ether oxygens (including phenoxy) is 1. The summed E-state index contributed by atoms with van der Waals surface area (Å²) in [6, 6.07) is 0. The Balaban J connectivity index is 2.79. The predicted molar refractivity (Wildman–Crippen MR) is 64.2 cm³/mol. The van der Waals surface area contributed by atoms with Gasteiger partial charge < -0.3 is 10.5 Å². The summed E-state index contributed by atoms with van der Waals surface area (Å²) < 4.78 is 5.91. The van der Waals surface area contributed by atoms with Crippen molar-refractivity contribution in [2.75, 3.05) is 13.2 Å².